The lowest BCUT2D eigenvalue weighted by molar-refractivity contribution is 0.381. The van der Waals surface area contributed by atoms with Gasteiger partial charge in [-0.3, -0.25) is 13.9 Å². The number of halogens is 1. The van der Waals surface area contributed by atoms with Gasteiger partial charge in [0, 0.05) is 12.1 Å². The third-order valence-electron chi connectivity index (χ3n) is 3.79. The van der Waals surface area contributed by atoms with Crippen molar-refractivity contribution in [3.8, 4) is 11.9 Å². The molecule has 28 heavy (non-hydrogen) atoms. The van der Waals surface area contributed by atoms with Gasteiger partial charge < -0.3 is 5.11 Å². The Bertz CT molecular complexity index is 1160. The summed E-state index contributed by atoms with van der Waals surface area (Å²) >= 11 is 5.97. The summed E-state index contributed by atoms with van der Waals surface area (Å²) in [6, 6.07) is 5.13. The second kappa shape index (κ2) is 8.10. The number of hydrogen-bond donors (Lipinski definition) is 2. The fraction of sp³-hybridized carbons (Fsp3) is 0.294. The van der Waals surface area contributed by atoms with Crippen LogP contribution in [0.15, 0.2) is 38.1 Å². The third kappa shape index (κ3) is 4.39. The van der Waals surface area contributed by atoms with E-state index in [1.165, 1.54) is 13.0 Å². The van der Waals surface area contributed by atoms with E-state index in [-0.39, 0.29) is 40.0 Å². The van der Waals surface area contributed by atoms with Gasteiger partial charge in [0.05, 0.1) is 9.92 Å². The summed E-state index contributed by atoms with van der Waals surface area (Å²) in [5.41, 5.74) is -0.947. The molecule has 1 aromatic carbocycles. The van der Waals surface area contributed by atoms with E-state index < -0.39 is 26.5 Å². The van der Waals surface area contributed by atoms with Crippen molar-refractivity contribution in [3.05, 3.63) is 44.7 Å². The predicted molar refractivity (Wildman–Crippen MR) is 102 cm³/mol. The van der Waals surface area contributed by atoms with Crippen LogP contribution in [0.4, 0.5) is 11.4 Å². The maximum atomic E-state index is 12.7. The van der Waals surface area contributed by atoms with Crippen LogP contribution in [0.5, 0.6) is 5.88 Å². The molecule has 0 atom stereocenters. The number of nitriles is 1. The minimum Gasteiger partial charge on any atom is -0.493 e. The lowest BCUT2D eigenvalue weighted by Crippen LogP contribution is -2.24. The van der Waals surface area contributed by atoms with Gasteiger partial charge in [0.1, 0.15) is 17.3 Å². The molecule has 0 spiro atoms. The first-order chi connectivity index (χ1) is 13.0. The number of nitrogens with zero attached hydrogens (tertiary/aromatic N) is 4. The molecule has 0 aliphatic rings. The van der Waals surface area contributed by atoms with Crippen molar-refractivity contribution < 1.29 is 18.1 Å². The molecule has 2 aromatic rings. The van der Waals surface area contributed by atoms with Crippen molar-refractivity contribution in [3.63, 3.8) is 0 Å². The zero-order valence-corrected chi connectivity index (χ0v) is 16.8. The molecule has 9 nitrogen and oxygen atoms in total. The van der Waals surface area contributed by atoms with Gasteiger partial charge in [-0.25, -0.2) is 0 Å². The van der Waals surface area contributed by atoms with Gasteiger partial charge in [-0.15, -0.1) is 10.2 Å². The normalized spacial score (nSPS) is 11.9. The van der Waals surface area contributed by atoms with Crippen LogP contribution in [0.2, 0.25) is 5.02 Å². The van der Waals surface area contributed by atoms with Gasteiger partial charge in [0.2, 0.25) is 5.88 Å². The zero-order valence-electron chi connectivity index (χ0n) is 15.2. The van der Waals surface area contributed by atoms with Crippen LogP contribution in [-0.2, 0) is 16.7 Å². The molecular weight excluding hydrogens is 408 g/mol. The van der Waals surface area contributed by atoms with Crippen LogP contribution in [0.3, 0.4) is 0 Å². The second-order valence-electron chi connectivity index (χ2n) is 6.38. The van der Waals surface area contributed by atoms with Crippen molar-refractivity contribution in [1.82, 2.24) is 4.57 Å². The van der Waals surface area contributed by atoms with Gasteiger partial charge in [0.15, 0.2) is 5.69 Å². The van der Waals surface area contributed by atoms with Crippen LogP contribution < -0.4 is 5.56 Å². The first kappa shape index (κ1) is 21.6. The van der Waals surface area contributed by atoms with Crippen molar-refractivity contribution >= 4 is 33.1 Å². The molecule has 0 bridgehead atoms. The van der Waals surface area contributed by atoms with E-state index in [9.17, 15) is 23.6 Å². The number of hydrogen-bond acceptors (Lipinski definition) is 7. The maximum Gasteiger partial charge on any atom is 0.294 e. The SMILES string of the molecule is Cc1c(C#N)c(O)n(CC(C)C)c(=O)c1N=Nc1cc(S(=O)(=O)O)ccc1Cl. The number of azo groups is 1. The van der Waals surface area contributed by atoms with E-state index >= 15 is 0 Å². The zero-order chi connectivity index (χ0) is 21.2. The van der Waals surface area contributed by atoms with Crippen LogP contribution >= 0.6 is 11.6 Å². The summed E-state index contributed by atoms with van der Waals surface area (Å²) < 4.78 is 32.7. The van der Waals surface area contributed by atoms with Crippen LogP contribution in [0, 0.1) is 24.2 Å². The standard InChI is InChI=1S/C17H17ClN4O5S/c1-9(2)8-22-16(23)12(7-19)10(3)15(17(22)24)21-20-14-6-11(28(25,26)27)4-5-13(14)18/h4-6,9,23H,8H2,1-3H3,(H,25,26,27). The summed E-state index contributed by atoms with van der Waals surface area (Å²) in [4.78, 5) is 12.3. The highest BCUT2D eigenvalue weighted by Gasteiger charge is 2.20. The van der Waals surface area contributed by atoms with Crippen molar-refractivity contribution in [2.24, 2.45) is 16.1 Å². The van der Waals surface area contributed by atoms with Crippen molar-refractivity contribution in [2.75, 3.05) is 0 Å². The first-order valence-electron chi connectivity index (χ1n) is 8.02. The van der Waals surface area contributed by atoms with Crippen LogP contribution in [-0.4, -0.2) is 22.6 Å². The minimum absolute atomic E-state index is 0.00326. The van der Waals surface area contributed by atoms with Gasteiger partial charge in [-0.2, -0.15) is 13.7 Å². The summed E-state index contributed by atoms with van der Waals surface area (Å²) in [6.45, 7) is 5.25. The van der Waals surface area contributed by atoms with E-state index in [1.807, 2.05) is 19.9 Å². The van der Waals surface area contributed by atoms with Crippen LogP contribution in [0.25, 0.3) is 0 Å². The summed E-state index contributed by atoms with van der Waals surface area (Å²) in [5.74, 6) is -0.451. The summed E-state index contributed by atoms with van der Waals surface area (Å²) in [6.07, 6.45) is 0. The van der Waals surface area contributed by atoms with E-state index in [2.05, 4.69) is 10.2 Å². The Morgan fingerprint density at radius 2 is 1.96 bits per heavy atom. The lowest BCUT2D eigenvalue weighted by atomic mass is 10.1. The Labute approximate surface area is 166 Å². The molecule has 2 N–H and O–H groups in total. The fourth-order valence-electron chi connectivity index (χ4n) is 2.43. The van der Waals surface area contributed by atoms with Gasteiger partial charge in [0.25, 0.3) is 15.7 Å². The average Bonchev–Trinajstić information content (AvgIpc) is 2.59. The molecule has 0 saturated heterocycles. The topological polar surface area (TPSA) is 145 Å². The second-order valence-corrected chi connectivity index (χ2v) is 8.21. The lowest BCUT2D eigenvalue weighted by Gasteiger charge is -2.14. The average molecular weight is 425 g/mol. The van der Waals surface area contributed by atoms with Crippen LogP contribution in [0.1, 0.15) is 25.0 Å². The molecule has 0 aliphatic heterocycles. The minimum atomic E-state index is -4.48. The van der Waals surface area contributed by atoms with E-state index in [0.29, 0.717) is 0 Å². The molecule has 0 saturated carbocycles. The molecule has 11 heteroatoms. The van der Waals surface area contributed by atoms with E-state index in [1.54, 1.807) is 0 Å². The molecule has 0 radical (unpaired) electrons. The number of rotatable bonds is 5. The molecule has 148 valence electrons. The summed E-state index contributed by atoms with van der Waals surface area (Å²) in [5, 5.41) is 27.2. The van der Waals surface area contributed by atoms with Gasteiger partial charge in [-0.05, 0) is 31.0 Å². The van der Waals surface area contributed by atoms with Crippen molar-refractivity contribution in [2.45, 2.75) is 32.2 Å². The molecule has 0 aliphatic carbocycles. The van der Waals surface area contributed by atoms with Gasteiger partial charge >= 0.3 is 0 Å². The molecule has 1 heterocycles. The quantitative estimate of drug-likeness (QED) is 0.552. The Hall–Kier alpha value is -2.74. The monoisotopic (exact) mass is 424 g/mol. The Morgan fingerprint density at radius 1 is 1.32 bits per heavy atom. The first-order valence-corrected chi connectivity index (χ1v) is 9.84. The Balaban J connectivity index is 2.67. The van der Waals surface area contributed by atoms with E-state index in [0.717, 1.165) is 16.7 Å². The maximum absolute atomic E-state index is 12.7. The molecule has 2 rings (SSSR count). The molecule has 0 fully saturated rings. The number of aromatic hydroxyl groups is 1. The molecule has 0 amide bonds. The Kier molecular flexibility index (Phi) is 6.23. The number of pyridine rings is 1. The molecular formula is C17H17ClN4O5S. The highest BCUT2D eigenvalue weighted by molar-refractivity contribution is 7.85. The fourth-order valence-corrected chi connectivity index (χ4v) is 3.08. The predicted octanol–water partition coefficient (Wildman–Crippen LogP) is 3.71. The molecule has 0 unspecified atom stereocenters. The largest absolute Gasteiger partial charge is 0.493 e. The number of benzene rings is 1. The highest BCUT2D eigenvalue weighted by atomic mass is 35.5. The third-order valence-corrected chi connectivity index (χ3v) is 4.96. The smallest absolute Gasteiger partial charge is 0.294 e. The highest BCUT2D eigenvalue weighted by Crippen LogP contribution is 2.31. The number of aromatic nitrogens is 1. The molecule has 1 aromatic heterocycles. The van der Waals surface area contributed by atoms with Crippen molar-refractivity contribution in [1.29, 1.82) is 5.26 Å². The van der Waals surface area contributed by atoms with E-state index in [4.69, 9.17) is 16.2 Å². The van der Waals surface area contributed by atoms with Gasteiger partial charge in [-0.1, -0.05) is 25.4 Å². The Morgan fingerprint density at radius 3 is 2.50 bits per heavy atom. The summed E-state index contributed by atoms with van der Waals surface area (Å²) in [7, 11) is -4.48.